The molecule has 0 spiro atoms. The molecule has 2 aromatic rings. The monoisotopic (exact) mass is 263 g/mol. The molecule has 100 valence electrons. The Bertz CT molecular complexity index is 562. The van der Waals surface area contributed by atoms with Crippen LogP contribution in [0.3, 0.4) is 0 Å². The summed E-state index contributed by atoms with van der Waals surface area (Å²) in [7, 11) is 0. The lowest BCUT2D eigenvalue weighted by atomic mass is 10.1. The topological polar surface area (TPSA) is 62.5 Å². The van der Waals surface area contributed by atoms with Crippen molar-refractivity contribution in [1.82, 2.24) is 5.32 Å². The van der Waals surface area contributed by atoms with Crippen LogP contribution in [-0.4, -0.2) is 11.1 Å². The summed E-state index contributed by atoms with van der Waals surface area (Å²) in [5.41, 5.74) is 1.08. The van der Waals surface area contributed by atoms with Gasteiger partial charge in [0.15, 0.2) is 0 Å². The molecule has 0 saturated heterocycles. The van der Waals surface area contributed by atoms with Gasteiger partial charge < -0.3 is 14.8 Å². The van der Waals surface area contributed by atoms with E-state index >= 15 is 0 Å². The number of carboxylic acid groups (broad SMARTS) is 1. The molecule has 0 saturated carbocycles. The minimum atomic E-state index is -1.01. The Morgan fingerprint density at radius 1 is 1.42 bits per heavy atom. The summed E-state index contributed by atoms with van der Waals surface area (Å²) in [6.07, 6.45) is 1.21. The average molecular weight is 263 g/mol. The predicted molar refractivity (Wildman–Crippen MR) is 67.3 cm³/mol. The third-order valence-corrected chi connectivity index (χ3v) is 2.85. The van der Waals surface area contributed by atoms with Crippen molar-refractivity contribution < 1.29 is 18.7 Å². The van der Waals surface area contributed by atoms with Crippen molar-refractivity contribution in [3.05, 3.63) is 59.3 Å². The van der Waals surface area contributed by atoms with E-state index in [0.29, 0.717) is 12.3 Å². The highest BCUT2D eigenvalue weighted by molar-refractivity contribution is 5.87. The quantitative estimate of drug-likeness (QED) is 0.870. The molecule has 0 aliphatic heterocycles. The smallest absolute Gasteiger partial charge is 0.338 e. The molecule has 0 radical (unpaired) electrons. The van der Waals surface area contributed by atoms with Gasteiger partial charge in [0, 0.05) is 6.04 Å². The van der Waals surface area contributed by atoms with E-state index in [1.54, 1.807) is 12.1 Å². The van der Waals surface area contributed by atoms with Gasteiger partial charge in [-0.2, -0.15) is 0 Å². The van der Waals surface area contributed by atoms with Crippen molar-refractivity contribution in [3.8, 4) is 0 Å². The fourth-order valence-electron chi connectivity index (χ4n) is 1.71. The number of rotatable bonds is 5. The van der Waals surface area contributed by atoms with Crippen LogP contribution in [0.5, 0.6) is 0 Å². The highest BCUT2D eigenvalue weighted by atomic mass is 19.1. The molecule has 2 N–H and O–H groups in total. The van der Waals surface area contributed by atoms with E-state index in [-0.39, 0.29) is 17.4 Å². The highest BCUT2D eigenvalue weighted by Gasteiger charge is 2.10. The van der Waals surface area contributed by atoms with Crippen LogP contribution in [0.4, 0.5) is 4.39 Å². The lowest BCUT2D eigenvalue weighted by Gasteiger charge is -2.13. The molecule has 1 heterocycles. The number of benzene rings is 1. The van der Waals surface area contributed by atoms with Crippen LogP contribution in [0, 0.1) is 5.82 Å². The van der Waals surface area contributed by atoms with Gasteiger partial charge in [0.1, 0.15) is 17.8 Å². The molecule has 0 fully saturated rings. The molecule has 2 rings (SSSR count). The van der Waals surface area contributed by atoms with Gasteiger partial charge >= 0.3 is 5.97 Å². The summed E-state index contributed by atoms with van der Waals surface area (Å²) in [5.74, 6) is -0.735. The molecular formula is C14H14FNO3. The van der Waals surface area contributed by atoms with Crippen LogP contribution in [0.25, 0.3) is 0 Å². The third-order valence-electron chi connectivity index (χ3n) is 2.85. The van der Waals surface area contributed by atoms with E-state index < -0.39 is 5.97 Å². The summed E-state index contributed by atoms with van der Waals surface area (Å²) in [6.45, 7) is 2.35. The maximum atomic E-state index is 12.8. The molecule has 0 aliphatic carbocycles. The number of furan rings is 1. The third kappa shape index (κ3) is 3.42. The SMILES string of the molecule is CC(NCc1cc(C(=O)O)co1)c1ccc(F)cc1. The summed E-state index contributed by atoms with van der Waals surface area (Å²) in [4.78, 5) is 10.7. The van der Waals surface area contributed by atoms with E-state index in [1.165, 1.54) is 24.5 Å². The van der Waals surface area contributed by atoms with Crippen molar-refractivity contribution in [3.63, 3.8) is 0 Å². The van der Waals surface area contributed by atoms with E-state index in [2.05, 4.69) is 5.32 Å². The van der Waals surface area contributed by atoms with Gasteiger partial charge in [-0.3, -0.25) is 0 Å². The second-order valence-electron chi connectivity index (χ2n) is 4.26. The van der Waals surface area contributed by atoms with Crippen molar-refractivity contribution in [2.24, 2.45) is 0 Å². The summed E-state index contributed by atoms with van der Waals surface area (Å²) < 4.78 is 17.9. The molecule has 1 atom stereocenters. The first-order valence-electron chi connectivity index (χ1n) is 5.86. The summed E-state index contributed by atoms with van der Waals surface area (Å²) in [6, 6.07) is 7.72. The van der Waals surface area contributed by atoms with E-state index in [4.69, 9.17) is 9.52 Å². The standard InChI is InChI=1S/C14H14FNO3/c1-9(10-2-4-12(15)5-3-10)16-7-13-6-11(8-19-13)14(17)18/h2-6,8-9,16H,7H2,1H3,(H,17,18). The zero-order chi connectivity index (χ0) is 13.8. The van der Waals surface area contributed by atoms with Gasteiger partial charge in [-0.05, 0) is 30.7 Å². The summed E-state index contributed by atoms with van der Waals surface area (Å²) in [5, 5.41) is 11.9. The van der Waals surface area contributed by atoms with Crippen molar-refractivity contribution in [1.29, 1.82) is 0 Å². The number of carboxylic acids is 1. The van der Waals surface area contributed by atoms with Crippen molar-refractivity contribution in [2.45, 2.75) is 19.5 Å². The predicted octanol–water partition coefficient (Wildman–Crippen LogP) is 2.97. The van der Waals surface area contributed by atoms with E-state index in [0.717, 1.165) is 5.56 Å². The number of halogens is 1. The average Bonchev–Trinajstić information content (AvgIpc) is 2.86. The second kappa shape index (κ2) is 5.67. The number of hydrogen-bond acceptors (Lipinski definition) is 3. The molecule has 1 unspecified atom stereocenters. The maximum absolute atomic E-state index is 12.8. The minimum absolute atomic E-state index is 0.0129. The Morgan fingerprint density at radius 2 is 2.11 bits per heavy atom. The fourth-order valence-corrected chi connectivity index (χ4v) is 1.71. The molecule has 5 heteroatoms. The van der Waals surface area contributed by atoms with Gasteiger partial charge in [-0.1, -0.05) is 12.1 Å². The van der Waals surface area contributed by atoms with Gasteiger partial charge in [0.2, 0.25) is 0 Å². The maximum Gasteiger partial charge on any atom is 0.338 e. The Morgan fingerprint density at radius 3 is 2.68 bits per heavy atom. The number of hydrogen-bond donors (Lipinski definition) is 2. The molecule has 1 aromatic heterocycles. The Kier molecular flexibility index (Phi) is 3.97. The van der Waals surface area contributed by atoms with Crippen LogP contribution in [-0.2, 0) is 6.54 Å². The van der Waals surface area contributed by atoms with E-state index in [9.17, 15) is 9.18 Å². The van der Waals surface area contributed by atoms with E-state index in [1.807, 2.05) is 6.92 Å². The zero-order valence-electron chi connectivity index (χ0n) is 10.4. The summed E-state index contributed by atoms with van der Waals surface area (Å²) >= 11 is 0. The molecule has 1 aromatic carbocycles. The van der Waals surface area contributed by atoms with Crippen LogP contribution < -0.4 is 5.32 Å². The van der Waals surface area contributed by atoms with Crippen LogP contribution in [0.2, 0.25) is 0 Å². The molecule has 19 heavy (non-hydrogen) atoms. The van der Waals surface area contributed by atoms with Crippen molar-refractivity contribution in [2.75, 3.05) is 0 Å². The first-order chi connectivity index (χ1) is 9.06. The highest BCUT2D eigenvalue weighted by Crippen LogP contribution is 2.14. The largest absolute Gasteiger partial charge is 0.478 e. The zero-order valence-corrected chi connectivity index (χ0v) is 10.4. The van der Waals surface area contributed by atoms with Crippen LogP contribution in [0.1, 0.15) is 34.6 Å². The number of carbonyl (C=O) groups is 1. The van der Waals surface area contributed by atoms with Gasteiger partial charge in [0.25, 0.3) is 0 Å². The first-order valence-corrected chi connectivity index (χ1v) is 5.86. The Hall–Kier alpha value is -2.14. The minimum Gasteiger partial charge on any atom is -0.478 e. The first kappa shape index (κ1) is 13.3. The van der Waals surface area contributed by atoms with Crippen LogP contribution >= 0.6 is 0 Å². The molecular weight excluding hydrogens is 249 g/mol. The van der Waals surface area contributed by atoms with Gasteiger partial charge in [0.05, 0.1) is 12.1 Å². The Balaban J connectivity index is 1.94. The normalized spacial score (nSPS) is 12.3. The van der Waals surface area contributed by atoms with Crippen molar-refractivity contribution >= 4 is 5.97 Å². The lowest BCUT2D eigenvalue weighted by Crippen LogP contribution is -2.17. The lowest BCUT2D eigenvalue weighted by molar-refractivity contribution is 0.0696. The molecule has 0 amide bonds. The molecule has 0 aliphatic rings. The van der Waals surface area contributed by atoms with Crippen LogP contribution in [0.15, 0.2) is 41.0 Å². The van der Waals surface area contributed by atoms with Gasteiger partial charge in [-0.25, -0.2) is 9.18 Å². The second-order valence-corrected chi connectivity index (χ2v) is 4.26. The fraction of sp³-hybridized carbons (Fsp3) is 0.214. The number of nitrogens with one attached hydrogen (secondary N) is 1. The van der Waals surface area contributed by atoms with Gasteiger partial charge in [-0.15, -0.1) is 0 Å². The Labute approximate surface area is 109 Å². The molecule has 0 bridgehead atoms. The number of aromatic carboxylic acids is 1. The molecule has 4 nitrogen and oxygen atoms in total.